The van der Waals surface area contributed by atoms with Gasteiger partial charge in [-0.3, -0.25) is 0 Å². The van der Waals surface area contributed by atoms with Crippen LogP contribution in [0, 0.1) is 0 Å². The first-order chi connectivity index (χ1) is 9.27. The first-order valence-electron chi connectivity index (χ1n) is 6.53. The predicted octanol–water partition coefficient (Wildman–Crippen LogP) is 5.58. The molecule has 1 aliphatic heterocycles. The monoisotopic (exact) mass is 264 g/mol. The molecule has 2 aromatic rings. The summed E-state index contributed by atoms with van der Waals surface area (Å²) in [7, 11) is -0.244. The summed E-state index contributed by atoms with van der Waals surface area (Å²) in [5, 5.41) is 2.89. The van der Waals surface area contributed by atoms with Crippen LogP contribution in [0.4, 0.5) is 0 Å². The van der Waals surface area contributed by atoms with E-state index in [0.29, 0.717) is 0 Å². The summed E-state index contributed by atoms with van der Waals surface area (Å²) in [6, 6.07) is 21.5. The van der Waals surface area contributed by atoms with Crippen LogP contribution >= 0.6 is 7.92 Å². The van der Waals surface area contributed by atoms with Gasteiger partial charge in [-0.15, -0.1) is 0 Å². The molecule has 0 bridgehead atoms. The molecule has 1 atom stereocenters. The summed E-state index contributed by atoms with van der Waals surface area (Å²) in [6.07, 6.45) is 1.02. The van der Waals surface area contributed by atoms with Gasteiger partial charge < -0.3 is 0 Å². The lowest BCUT2D eigenvalue weighted by Crippen LogP contribution is -1.84. The predicted molar refractivity (Wildman–Crippen MR) is 86.3 cm³/mol. The molecule has 19 heavy (non-hydrogen) atoms. The highest BCUT2D eigenvalue weighted by Crippen LogP contribution is 2.64. The second-order valence-corrected chi connectivity index (χ2v) is 7.06. The first-order valence-corrected chi connectivity index (χ1v) is 8.32. The lowest BCUT2D eigenvalue weighted by atomic mass is 10.00. The van der Waals surface area contributed by atoms with E-state index in [1.807, 2.05) is 0 Å². The van der Waals surface area contributed by atoms with Crippen molar-refractivity contribution in [2.45, 2.75) is 6.42 Å². The van der Waals surface area contributed by atoms with E-state index in [4.69, 9.17) is 0 Å². The van der Waals surface area contributed by atoms with E-state index in [1.165, 1.54) is 27.3 Å². The lowest BCUT2D eigenvalue weighted by Gasteiger charge is -2.12. The van der Waals surface area contributed by atoms with E-state index < -0.39 is 0 Å². The van der Waals surface area contributed by atoms with E-state index >= 15 is 0 Å². The van der Waals surface area contributed by atoms with Gasteiger partial charge in [0.05, 0.1) is 0 Å². The molecule has 2 aromatic carbocycles. The molecule has 0 spiro atoms. The van der Waals surface area contributed by atoms with Crippen LogP contribution < -0.4 is 0 Å². The lowest BCUT2D eigenvalue weighted by molar-refractivity contribution is 1.39. The maximum atomic E-state index is 4.27. The highest BCUT2D eigenvalue weighted by Gasteiger charge is 2.26. The van der Waals surface area contributed by atoms with Crippen molar-refractivity contribution in [3.05, 3.63) is 83.7 Å². The standard InChI is InChI=1S/C18H17P/c1-14-13-17(15-9-5-3-6-10-15)18(19(14)2)16-11-7-4-8-12-16/h3-12H,1,13H2,2H3. The average molecular weight is 264 g/mol. The summed E-state index contributed by atoms with van der Waals surface area (Å²) in [5.41, 5.74) is 4.16. The fourth-order valence-corrected chi connectivity index (χ4v) is 4.47. The van der Waals surface area contributed by atoms with Crippen LogP contribution in [0.2, 0.25) is 0 Å². The molecule has 0 amide bonds. The van der Waals surface area contributed by atoms with E-state index in [-0.39, 0.29) is 7.92 Å². The number of rotatable bonds is 2. The van der Waals surface area contributed by atoms with Gasteiger partial charge in [0.1, 0.15) is 0 Å². The Kier molecular flexibility index (Phi) is 3.36. The summed E-state index contributed by atoms with van der Waals surface area (Å²) < 4.78 is 0. The van der Waals surface area contributed by atoms with Crippen LogP contribution in [0.15, 0.2) is 72.6 Å². The largest absolute Gasteiger partial charge is 0.0947 e. The van der Waals surface area contributed by atoms with Gasteiger partial charge in [0.2, 0.25) is 0 Å². The Hall–Kier alpha value is -1.65. The van der Waals surface area contributed by atoms with Gasteiger partial charge in [0.15, 0.2) is 0 Å². The molecule has 0 N–H and O–H groups in total. The molecule has 1 unspecified atom stereocenters. The summed E-state index contributed by atoms with van der Waals surface area (Å²) in [4.78, 5) is 0. The Morgan fingerprint density at radius 3 is 1.95 bits per heavy atom. The van der Waals surface area contributed by atoms with Gasteiger partial charge in [-0.2, -0.15) is 0 Å². The third kappa shape index (κ3) is 2.29. The topological polar surface area (TPSA) is 0 Å². The minimum absolute atomic E-state index is 0.244. The van der Waals surface area contributed by atoms with Gasteiger partial charge in [-0.1, -0.05) is 75.2 Å². The fourth-order valence-electron chi connectivity index (χ4n) is 2.61. The molecule has 0 nitrogen and oxygen atoms in total. The van der Waals surface area contributed by atoms with Crippen molar-refractivity contribution in [1.29, 1.82) is 0 Å². The fraction of sp³-hybridized carbons (Fsp3) is 0.111. The number of allylic oxidation sites excluding steroid dienone is 2. The van der Waals surface area contributed by atoms with Crippen LogP contribution in [0.25, 0.3) is 10.9 Å². The number of hydrogen-bond acceptors (Lipinski definition) is 0. The van der Waals surface area contributed by atoms with Crippen molar-refractivity contribution in [2.75, 3.05) is 6.66 Å². The summed E-state index contributed by atoms with van der Waals surface area (Å²) in [5.74, 6) is 0. The Morgan fingerprint density at radius 2 is 1.37 bits per heavy atom. The van der Waals surface area contributed by atoms with Crippen LogP contribution in [0.3, 0.4) is 0 Å². The van der Waals surface area contributed by atoms with Gasteiger partial charge in [-0.25, -0.2) is 0 Å². The van der Waals surface area contributed by atoms with Crippen LogP contribution in [-0.4, -0.2) is 6.66 Å². The van der Waals surface area contributed by atoms with Crippen LogP contribution in [0.1, 0.15) is 17.5 Å². The second-order valence-electron chi connectivity index (χ2n) is 4.86. The highest BCUT2D eigenvalue weighted by atomic mass is 31.1. The summed E-state index contributed by atoms with van der Waals surface area (Å²) >= 11 is 0. The smallest absolute Gasteiger partial charge is 0.00114 e. The molecule has 1 heteroatoms. The van der Waals surface area contributed by atoms with Crippen molar-refractivity contribution < 1.29 is 0 Å². The van der Waals surface area contributed by atoms with Crippen molar-refractivity contribution in [2.24, 2.45) is 0 Å². The number of benzene rings is 2. The number of hydrogen-bond donors (Lipinski definition) is 0. The maximum Gasteiger partial charge on any atom is -0.00114 e. The molecular formula is C18H17P. The van der Waals surface area contributed by atoms with Gasteiger partial charge in [-0.05, 0) is 40.4 Å². The third-order valence-corrected chi connectivity index (χ3v) is 5.95. The van der Waals surface area contributed by atoms with Gasteiger partial charge in [0.25, 0.3) is 0 Å². The zero-order valence-corrected chi connectivity index (χ0v) is 12.0. The first kappa shape index (κ1) is 12.4. The van der Waals surface area contributed by atoms with Crippen molar-refractivity contribution in [3.63, 3.8) is 0 Å². The second kappa shape index (κ2) is 5.15. The average Bonchev–Trinajstić information content (AvgIpc) is 2.77. The van der Waals surface area contributed by atoms with Crippen molar-refractivity contribution in [1.82, 2.24) is 0 Å². The molecular weight excluding hydrogens is 247 g/mol. The molecule has 1 aliphatic rings. The Labute approximate surface area is 116 Å². The van der Waals surface area contributed by atoms with Gasteiger partial charge in [0, 0.05) is 0 Å². The zero-order chi connectivity index (χ0) is 13.2. The minimum atomic E-state index is -0.244. The van der Waals surface area contributed by atoms with E-state index in [0.717, 1.165) is 6.42 Å². The Bertz CT molecular complexity index is 623. The Balaban J connectivity index is 2.17. The molecule has 94 valence electrons. The molecule has 0 saturated heterocycles. The Morgan fingerprint density at radius 1 is 0.842 bits per heavy atom. The van der Waals surface area contributed by atoms with E-state index in [1.54, 1.807) is 0 Å². The molecule has 0 fully saturated rings. The zero-order valence-electron chi connectivity index (χ0n) is 11.1. The quantitative estimate of drug-likeness (QED) is 0.621. The summed E-state index contributed by atoms with van der Waals surface area (Å²) in [6.45, 7) is 6.60. The van der Waals surface area contributed by atoms with Crippen molar-refractivity contribution >= 4 is 18.8 Å². The SMILES string of the molecule is C=C1CC(c2ccccc2)=C(c2ccccc2)P1C. The highest BCUT2D eigenvalue weighted by molar-refractivity contribution is 7.72. The molecule has 0 aromatic heterocycles. The van der Waals surface area contributed by atoms with Crippen LogP contribution in [-0.2, 0) is 0 Å². The van der Waals surface area contributed by atoms with Crippen molar-refractivity contribution in [3.8, 4) is 0 Å². The van der Waals surface area contributed by atoms with E-state index in [2.05, 4.69) is 73.9 Å². The normalized spacial score (nSPS) is 19.0. The molecule has 3 rings (SSSR count). The minimum Gasteiger partial charge on any atom is -0.0947 e. The molecule has 0 aliphatic carbocycles. The third-order valence-electron chi connectivity index (χ3n) is 3.65. The van der Waals surface area contributed by atoms with Crippen LogP contribution in [0.5, 0.6) is 0 Å². The van der Waals surface area contributed by atoms with E-state index in [9.17, 15) is 0 Å². The van der Waals surface area contributed by atoms with Gasteiger partial charge >= 0.3 is 0 Å². The molecule has 0 radical (unpaired) electrons. The maximum absolute atomic E-state index is 4.27. The molecule has 0 saturated carbocycles. The molecule has 1 heterocycles.